The Kier molecular flexibility index (Phi) is 9.22. The second-order valence-corrected chi connectivity index (χ2v) is 8.43. The van der Waals surface area contributed by atoms with Crippen LogP contribution in [-0.2, 0) is 23.4 Å². The average Bonchev–Trinajstić information content (AvgIpc) is 3.15. The largest absolute Gasteiger partial charge is 0.613 e. The Morgan fingerprint density at radius 1 is 1.31 bits per heavy atom. The molecule has 2 aromatic heterocycles. The van der Waals surface area contributed by atoms with Crippen LogP contribution in [0, 0.1) is 0 Å². The van der Waals surface area contributed by atoms with E-state index in [9.17, 15) is 14.5 Å². The van der Waals surface area contributed by atoms with Crippen LogP contribution in [0.5, 0.6) is 0 Å². The van der Waals surface area contributed by atoms with Gasteiger partial charge in [-0.2, -0.15) is 9.97 Å². The van der Waals surface area contributed by atoms with Crippen molar-refractivity contribution in [3.8, 4) is 0 Å². The van der Waals surface area contributed by atoms with Crippen LogP contribution < -0.4 is 16.1 Å². The Balaban J connectivity index is 2.04. The Morgan fingerprint density at radius 2 is 2.00 bits per heavy atom. The van der Waals surface area contributed by atoms with Crippen LogP contribution in [0.1, 0.15) is 33.7 Å². The lowest BCUT2D eigenvalue weighted by Crippen LogP contribution is -2.38. The first-order valence-corrected chi connectivity index (χ1v) is 11.2. The standard InChI is InChI=1S/C18H31N7O6P/c1-9(2)31-17(27)10(3)24-32(28)30-7-12(29-6)14(26)11(4)25-8-21-13-15(20-5)22-18(19)23-16(13)25/h8-12,14,26H,7H2,1-6H3,(H,24,28)(H3,19,20,22,23)/q+1/t10-,11+,12?,14+/m1/s1. The van der Waals surface area contributed by atoms with E-state index < -0.39 is 38.4 Å². The molecule has 0 aliphatic heterocycles. The van der Waals surface area contributed by atoms with Crippen molar-refractivity contribution in [1.29, 1.82) is 0 Å². The third-order valence-corrected chi connectivity index (χ3v) is 5.63. The van der Waals surface area contributed by atoms with E-state index >= 15 is 0 Å². The Hall–Kier alpha value is -2.44. The van der Waals surface area contributed by atoms with Crippen LogP contribution in [0.3, 0.4) is 0 Å². The highest BCUT2D eigenvalue weighted by molar-refractivity contribution is 7.36. The van der Waals surface area contributed by atoms with Gasteiger partial charge in [0, 0.05) is 14.2 Å². The SMILES string of the molecule is CNc1nc(N)nc2c1ncn2[C@@H](C)[C@H](O)C(CO[P+](=O)N[C@H](C)C(=O)OC(C)C)OC. The zero-order chi connectivity index (χ0) is 24.0. The third kappa shape index (κ3) is 6.30. The molecule has 0 aliphatic carbocycles. The molecule has 5 atom stereocenters. The molecule has 0 aromatic carbocycles. The summed E-state index contributed by atoms with van der Waals surface area (Å²) in [5.41, 5.74) is 6.72. The van der Waals surface area contributed by atoms with E-state index in [4.69, 9.17) is 19.7 Å². The summed E-state index contributed by atoms with van der Waals surface area (Å²) in [7, 11) is 0.691. The molecule has 0 fully saturated rings. The summed E-state index contributed by atoms with van der Waals surface area (Å²) < 4.78 is 29.5. The van der Waals surface area contributed by atoms with E-state index in [0.717, 1.165) is 0 Å². The van der Waals surface area contributed by atoms with Gasteiger partial charge in [0.05, 0.1) is 18.5 Å². The molecule has 2 heterocycles. The van der Waals surface area contributed by atoms with Crippen molar-refractivity contribution in [2.24, 2.45) is 0 Å². The number of nitrogens with zero attached hydrogens (tertiary/aromatic N) is 4. The number of carbonyl (C=O) groups excluding carboxylic acids is 1. The molecule has 32 heavy (non-hydrogen) atoms. The predicted molar refractivity (Wildman–Crippen MR) is 118 cm³/mol. The molecule has 5 N–H and O–H groups in total. The van der Waals surface area contributed by atoms with Gasteiger partial charge in [-0.25, -0.2) is 4.98 Å². The van der Waals surface area contributed by atoms with Crippen LogP contribution in [-0.4, -0.2) is 75.7 Å². The van der Waals surface area contributed by atoms with E-state index in [1.165, 1.54) is 20.4 Å². The molecule has 2 aromatic rings. The minimum atomic E-state index is -2.40. The molecule has 0 amide bonds. The molecule has 2 rings (SSSR count). The van der Waals surface area contributed by atoms with Gasteiger partial charge in [-0.05, 0) is 32.3 Å². The first kappa shape index (κ1) is 25.8. The molecular weight excluding hydrogens is 441 g/mol. The highest BCUT2D eigenvalue weighted by Gasteiger charge is 2.33. The summed E-state index contributed by atoms with van der Waals surface area (Å²) >= 11 is 0. The van der Waals surface area contributed by atoms with Gasteiger partial charge in [-0.15, -0.1) is 4.52 Å². The minimum absolute atomic E-state index is 0.0603. The van der Waals surface area contributed by atoms with Crippen molar-refractivity contribution in [1.82, 2.24) is 24.6 Å². The quantitative estimate of drug-likeness (QED) is 0.255. The molecule has 178 valence electrons. The molecule has 0 aliphatic rings. The summed E-state index contributed by atoms with van der Waals surface area (Å²) in [6, 6.07) is -1.37. The summed E-state index contributed by atoms with van der Waals surface area (Å²) in [5, 5.41) is 16.3. The summed E-state index contributed by atoms with van der Waals surface area (Å²) in [4.78, 5) is 24.4. The van der Waals surface area contributed by atoms with E-state index in [0.29, 0.717) is 17.0 Å². The number of rotatable bonds is 12. The Bertz CT molecular complexity index is 940. The fraction of sp³-hybridized carbons (Fsp3) is 0.667. The maximum atomic E-state index is 12.2. The molecular formula is C18H31N7O6P+. The van der Waals surface area contributed by atoms with E-state index in [-0.39, 0.29) is 18.7 Å². The molecule has 13 nitrogen and oxygen atoms in total. The minimum Gasteiger partial charge on any atom is -0.462 e. The van der Waals surface area contributed by atoms with Crippen LogP contribution in [0.25, 0.3) is 11.2 Å². The smallest absolute Gasteiger partial charge is 0.462 e. The van der Waals surface area contributed by atoms with Gasteiger partial charge in [0.15, 0.2) is 17.0 Å². The number of fused-ring (bicyclic) bond motifs is 1. The van der Waals surface area contributed by atoms with E-state index in [2.05, 4.69) is 25.4 Å². The molecule has 0 radical (unpaired) electrons. The average molecular weight is 472 g/mol. The van der Waals surface area contributed by atoms with Crippen molar-refractivity contribution >= 4 is 37.1 Å². The summed E-state index contributed by atoms with van der Waals surface area (Å²) in [6.45, 7) is 6.51. The monoisotopic (exact) mass is 472 g/mol. The second-order valence-electron chi connectivity index (χ2n) is 7.40. The fourth-order valence-electron chi connectivity index (χ4n) is 2.91. The van der Waals surface area contributed by atoms with Crippen molar-refractivity contribution in [2.75, 3.05) is 31.8 Å². The summed E-state index contributed by atoms with van der Waals surface area (Å²) in [6.07, 6.45) is -0.669. The van der Waals surface area contributed by atoms with Crippen molar-refractivity contribution in [2.45, 2.75) is 58.1 Å². The number of anilines is 2. The van der Waals surface area contributed by atoms with E-state index in [1.54, 1.807) is 32.4 Å². The van der Waals surface area contributed by atoms with Crippen LogP contribution >= 0.6 is 8.18 Å². The number of carbonyl (C=O) groups is 1. The first-order chi connectivity index (χ1) is 15.1. The number of nitrogens with one attached hydrogen (secondary N) is 2. The van der Waals surface area contributed by atoms with Gasteiger partial charge in [-0.3, -0.25) is 4.79 Å². The zero-order valence-electron chi connectivity index (χ0n) is 19.0. The number of nitrogens with two attached hydrogens (primary N) is 1. The number of hydrogen-bond donors (Lipinski definition) is 4. The van der Waals surface area contributed by atoms with Crippen molar-refractivity contribution in [3.05, 3.63) is 6.33 Å². The fourth-order valence-corrected chi connectivity index (χ4v) is 3.69. The van der Waals surface area contributed by atoms with Gasteiger partial charge < -0.3 is 30.2 Å². The third-order valence-electron chi connectivity index (χ3n) is 4.65. The lowest BCUT2D eigenvalue weighted by atomic mass is 10.1. The van der Waals surface area contributed by atoms with Gasteiger partial charge in [-0.1, -0.05) is 5.09 Å². The number of aromatic nitrogens is 4. The molecule has 2 unspecified atom stereocenters. The molecule has 0 saturated heterocycles. The normalized spacial score (nSPS) is 15.9. The van der Waals surface area contributed by atoms with Crippen LogP contribution in [0.4, 0.5) is 11.8 Å². The van der Waals surface area contributed by atoms with Crippen LogP contribution in [0.2, 0.25) is 0 Å². The van der Waals surface area contributed by atoms with Crippen LogP contribution in [0.15, 0.2) is 6.33 Å². The van der Waals surface area contributed by atoms with Crippen molar-refractivity contribution in [3.63, 3.8) is 0 Å². The summed E-state index contributed by atoms with van der Waals surface area (Å²) in [5.74, 6) is -0.0177. The maximum Gasteiger partial charge on any atom is 0.613 e. The van der Waals surface area contributed by atoms with Gasteiger partial charge in [0.2, 0.25) is 5.95 Å². The number of nitrogen functional groups attached to an aromatic ring is 1. The number of hydrogen-bond acceptors (Lipinski definition) is 11. The number of methoxy groups -OCH3 is 1. The molecule has 0 bridgehead atoms. The predicted octanol–water partition coefficient (Wildman–Crippen LogP) is 0.991. The van der Waals surface area contributed by atoms with Crippen molar-refractivity contribution < 1.29 is 28.5 Å². The Labute approximate surface area is 187 Å². The molecule has 14 heteroatoms. The first-order valence-electron chi connectivity index (χ1n) is 10.0. The highest BCUT2D eigenvalue weighted by Crippen LogP contribution is 2.26. The zero-order valence-corrected chi connectivity index (χ0v) is 19.9. The van der Waals surface area contributed by atoms with Gasteiger partial charge in [0.25, 0.3) is 0 Å². The second kappa shape index (κ2) is 11.4. The maximum absolute atomic E-state index is 12.2. The lowest BCUT2D eigenvalue weighted by Gasteiger charge is -2.26. The van der Waals surface area contributed by atoms with E-state index in [1.807, 2.05) is 0 Å². The highest BCUT2D eigenvalue weighted by atomic mass is 31.1. The number of aliphatic hydroxyl groups is 1. The number of imidazole rings is 1. The topological polar surface area (TPSA) is 176 Å². The number of aliphatic hydroxyl groups excluding tert-OH is 1. The van der Waals surface area contributed by atoms with Gasteiger partial charge in [0.1, 0.15) is 24.9 Å². The lowest BCUT2D eigenvalue weighted by molar-refractivity contribution is -0.149. The Morgan fingerprint density at radius 3 is 2.59 bits per heavy atom. The number of esters is 1. The molecule has 0 spiro atoms. The molecule has 0 saturated carbocycles. The number of ether oxygens (including phenoxy) is 2. The van der Waals surface area contributed by atoms with Gasteiger partial charge >= 0.3 is 14.1 Å².